The zero-order chi connectivity index (χ0) is 19.5. The number of nitrogens with zero attached hydrogens (tertiary/aromatic N) is 3. The van der Waals surface area contributed by atoms with Gasteiger partial charge in [-0.1, -0.05) is 47.4 Å². The first-order chi connectivity index (χ1) is 13.6. The summed E-state index contributed by atoms with van der Waals surface area (Å²) in [6.07, 6.45) is 0. The number of H-pyrrole nitrogens is 1. The Balaban J connectivity index is 1.51. The molecule has 2 N–H and O–H groups in total. The van der Waals surface area contributed by atoms with E-state index in [4.69, 9.17) is 4.74 Å². The third kappa shape index (κ3) is 3.85. The SMILES string of the molecule is COc1ccccc1Nc1nnc(S[C@@H](C)c2nc3ccccc3c(=O)[nH]2)s1. The Morgan fingerprint density at radius 3 is 2.79 bits per heavy atom. The summed E-state index contributed by atoms with van der Waals surface area (Å²) in [5.74, 6) is 1.35. The van der Waals surface area contributed by atoms with E-state index in [1.165, 1.54) is 23.1 Å². The van der Waals surface area contributed by atoms with Crippen molar-refractivity contribution < 1.29 is 4.74 Å². The number of rotatable bonds is 6. The maximum absolute atomic E-state index is 12.3. The number of benzene rings is 2. The van der Waals surface area contributed by atoms with Crippen LogP contribution in [-0.4, -0.2) is 27.3 Å². The first-order valence-corrected chi connectivity index (χ1v) is 10.2. The zero-order valence-corrected chi connectivity index (χ0v) is 16.8. The number of aromatic amines is 1. The average Bonchev–Trinajstić information content (AvgIpc) is 3.15. The monoisotopic (exact) mass is 411 g/mol. The molecule has 2 aromatic carbocycles. The molecule has 1 atom stereocenters. The van der Waals surface area contributed by atoms with Gasteiger partial charge in [-0.2, -0.15) is 0 Å². The van der Waals surface area contributed by atoms with Crippen LogP contribution in [0.4, 0.5) is 10.8 Å². The summed E-state index contributed by atoms with van der Waals surface area (Å²) in [7, 11) is 1.63. The van der Waals surface area contributed by atoms with Crippen LogP contribution >= 0.6 is 23.1 Å². The number of fused-ring (bicyclic) bond motifs is 1. The van der Waals surface area contributed by atoms with Crippen LogP contribution in [0.1, 0.15) is 18.0 Å². The summed E-state index contributed by atoms with van der Waals surface area (Å²) >= 11 is 2.93. The van der Waals surface area contributed by atoms with E-state index in [0.717, 1.165) is 15.8 Å². The molecule has 0 saturated heterocycles. The summed E-state index contributed by atoms with van der Waals surface area (Å²) < 4.78 is 6.12. The van der Waals surface area contributed by atoms with Crippen molar-refractivity contribution in [1.82, 2.24) is 20.2 Å². The van der Waals surface area contributed by atoms with E-state index >= 15 is 0 Å². The molecule has 0 bridgehead atoms. The molecule has 142 valence electrons. The van der Waals surface area contributed by atoms with Gasteiger partial charge in [-0.25, -0.2) is 4.98 Å². The standard InChI is InChI=1S/C19H17N5O2S2/c1-11(16-20-13-8-4-3-7-12(13)17(25)22-16)27-19-24-23-18(28-19)21-14-9-5-6-10-15(14)26-2/h3-11H,1-2H3,(H,21,23)(H,20,22,25)/t11-/m0/s1. The quantitative estimate of drug-likeness (QED) is 0.455. The molecule has 2 aromatic heterocycles. The smallest absolute Gasteiger partial charge is 0.258 e. The summed E-state index contributed by atoms with van der Waals surface area (Å²) in [5.41, 5.74) is 1.37. The van der Waals surface area contributed by atoms with E-state index in [9.17, 15) is 4.79 Å². The van der Waals surface area contributed by atoms with Crippen molar-refractivity contribution in [2.24, 2.45) is 0 Å². The second kappa shape index (κ2) is 7.99. The highest BCUT2D eigenvalue weighted by atomic mass is 32.2. The summed E-state index contributed by atoms with van der Waals surface area (Å²) in [6.45, 7) is 1.98. The number of thioether (sulfide) groups is 1. The number of methoxy groups -OCH3 is 1. The first-order valence-electron chi connectivity index (χ1n) is 8.53. The molecular formula is C19H17N5O2S2. The number of hydrogen-bond acceptors (Lipinski definition) is 8. The van der Waals surface area contributed by atoms with Crippen molar-refractivity contribution >= 4 is 44.8 Å². The molecule has 4 aromatic rings. The van der Waals surface area contributed by atoms with Crippen molar-refractivity contribution in [2.45, 2.75) is 16.5 Å². The zero-order valence-electron chi connectivity index (χ0n) is 15.2. The molecule has 0 aliphatic carbocycles. The van der Waals surface area contributed by atoms with E-state index in [-0.39, 0.29) is 10.8 Å². The van der Waals surface area contributed by atoms with Crippen molar-refractivity contribution in [3.63, 3.8) is 0 Å². The van der Waals surface area contributed by atoms with E-state index in [1.807, 2.05) is 49.4 Å². The molecule has 0 radical (unpaired) electrons. The van der Waals surface area contributed by atoms with E-state index in [1.54, 1.807) is 13.2 Å². The van der Waals surface area contributed by atoms with Crippen molar-refractivity contribution in [2.75, 3.05) is 12.4 Å². The fourth-order valence-electron chi connectivity index (χ4n) is 2.68. The molecule has 9 heteroatoms. The molecule has 2 heterocycles. The topological polar surface area (TPSA) is 92.8 Å². The Morgan fingerprint density at radius 1 is 1.14 bits per heavy atom. The molecule has 28 heavy (non-hydrogen) atoms. The highest BCUT2D eigenvalue weighted by Gasteiger charge is 2.16. The van der Waals surface area contributed by atoms with Crippen LogP contribution < -0.4 is 15.6 Å². The molecule has 0 saturated carbocycles. The van der Waals surface area contributed by atoms with Crippen LogP contribution in [0.2, 0.25) is 0 Å². The van der Waals surface area contributed by atoms with Gasteiger partial charge >= 0.3 is 0 Å². The van der Waals surface area contributed by atoms with Crippen LogP contribution in [0.15, 0.2) is 57.7 Å². The van der Waals surface area contributed by atoms with E-state index in [0.29, 0.717) is 21.9 Å². The summed E-state index contributed by atoms with van der Waals surface area (Å²) in [4.78, 5) is 19.7. The first kappa shape index (κ1) is 18.5. The lowest BCUT2D eigenvalue weighted by Crippen LogP contribution is -2.12. The third-order valence-electron chi connectivity index (χ3n) is 4.05. The van der Waals surface area contributed by atoms with Gasteiger partial charge in [-0.3, -0.25) is 4.79 Å². The lowest BCUT2D eigenvalue weighted by Gasteiger charge is -2.09. The van der Waals surface area contributed by atoms with Crippen molar-refractivity contribution in [3.8, 4) is 5.75 Å². The lowest BCUT2D eigenvalue weighted by molar-refractivity contribution is 0.417. The molecule has 0 fully saturated rings. The van der Waals surface area contributed by atoms with Crippen LogP contribution in [0.3, 0.4) is 0 Å². The van der Waals surface area contributed by atoms with Crippen LogP contribution in [0, 0.1) is 0 Å². The van der Waals surface area contributed by atoms with Crippen LogP contribution in [0.5, 0.6) is 5.75 Å². The number of hydrogen-bond donors (Lipinski definition) is 2. The van der Waals surface area contributed by atoms with Gasteiger partial charge in [0, 0.05) is 0 Å². The molecule has 0 amide bonds. The van der Waals surface area contributed by atoms with Gasteiger partial charge in [-0.05, 0) is 31.2 Å². The average molecular weight is 412 g/mol. The van der Waals surface area contributed by atoms with Gasteiger partial charge in [0.1, 0.15) is 11.6 Å². The molecule has 0 spiro atoms. The van der Waals surface area contributed by atoms with Crippen LogP contribution in [-0.2, 0) is 0 Å². The highest BCUT2D eigenvalue weighted by molar-refractivity contribution is 8.01. The molecule has 0 unspecified atom stereocenters. The largest absolute Gasteiger partial charge is 0.495 e. The predicted molar refractivity (Wildman–Crippen MR) is 113 cm³/mol. The Labute approximate surface area is 169 Å². The van der Waals surface area contributed by atoms with Gasteiger partial charge in [0.15, 0.2) is 4.34 Å². The van der Waals surface area contributed by atoms with Gasteiger partial charge in [-0.15, -0.1) is 10.2 Å². The number of ether oxygens (including phenoxy) is 1. The molecule has 7 nitrogen and oxygen atoms in total. The second-order valence-corrected chi connectivity index (χ2v) is 8.49. The minimum absolute atomic E-state index is 0.0793. The van der Waals surface area contributed by atoms with Crippen LogP contribution in [0.25, 0.3) is 10.9 Å². The van der Waals surface area contributed by atoms with Crippen molar-refractivity contribution in [1.29, 1.82) is 0 Å². The minimum Gasteiger partial charge on any atom is -0.495 e. The number of para-hydroxylation sites is 3. The maximum atomic E-state index is 12.3. The minimum atomic E-state index is -0.135. The Morgan fingerprint density at radius 2 is 1.93 bits per heavy atom. The van der Waals surface area contributed by atoms with Crippen molar-refractivity contribution in [3.05, 3.63) is 64.7 Å². The second-order valence-electron chi connectivity index (χ2n) is 5.93. The maximum Gasteiger partial charge on any atom is 0.258 e. The van der Waals surface area contributed by atoms with Gasteiger partial charge in [0.25, 0.3) is 5.56 Å². The highest BCUT2D eigenvalue weighted by Crippen LogP contribution is 2.37. The lowest BCUT2D eigenvalue weighted by atomic mass is 10.2. The normalized spacial score (nSPS) is 12.1. The Hall–Kier alpha value is -2.91. The number of anilines is 2. The fourth-order valence-corrected chi connectivity index (χ4v) is 4.64. The van der Waals surface area contributed by atoms with Gasteiger partial charge < -0.3 is 15.0 Å². The molecular weight excluding hydrogens is 394 g/mol. The van der Waals surface area contributed by atoms with E-state index < -0.39 is 0 Å². The van der Waals surface area contributed by atoms with Gasteiger partial charge in [0.2, 0.25) is 5.13 Å². The number of nitrogens with one attached hydrogen (secondary N) is 2. The van der Waals surface area contributed by atoms with Gasteiger partial charge in [0.05, 0.1) is 29.0 Å². The molecule has 4 rings (SSSR count). The summed E-state index contributed by atoms with van der Waals surface area (Å²) in [6, 6.07) is 14.9. The predicted octanol–water partition coefficient (Wildman–Crippen LogP) is 4.38. The Kier molecular flexibility index (Phi) is 5.27. The molecule has 0 aliphatic rings. The number of aromatic nitrogens is 4. The summed E-state index contributed by atoms with van der Waals surface area (Å²) in [5, 5.41) is 12.8. The Bertz CT molecular complexity index is 1170. The molecule has 0 aliphatic heterocycles. The third-order valence-corrected chi connectivity index (χ3v) is 6.08. The fraction of sp³-hybridized carbons (Fsp3) is 0.158. The van der Waals surface area contributed by atoms with E-state index in [2.05, 4.69) is 25.5 Å².